The Morgan fingerprint density at radius 1 is 0.714 bits per heavy atom. The number of hydrogen-bond donors (Lipinski definition) is 4. The first kappa shape index (κ1) is 19.1. The largest absolute Gasteiger partial charge is 0.394 e. The van der Waals surface area contributed by atoms with Crippen molar-refractivity contribution in [2.45, 2.75) is 36.9 Å². The number of aliphatic hydroxyl groups is 4. The quantitative estimate of drug-likeness (QED) is 0.555. The van der Waals surface area contributed by atoms with E-state index >= 15 is 0 Å². The molecule has 0 amide bonds. The number of ether oxygens (including phenoxy) is 1. The van der Waals surface area contributed by atoms with Crippen LogP contribution in [0.2, 0.25) is 0 Å². The fraction of sp³-hybridized carbons (Fsp3) is 0.304. The number of hydrogen-bond acceptors (Lipinski definition) is 5. The molecule has 0 spiro atoms. The van der Waals surface area contributed by atoms with Gasteiger partial charge in [-0.05, 0) is 34.2 Å². The minimum Gasteiger partial charge on any atom is -0.394 e. The predicted molar refractivity (Wildman–Crippen MR) is 105 cm³/mol. The zero-order valence-electron chi connectivity index (χ0n) is 15.3. The van der Waals surface area contributed by atoms with E-state index in [1.54, 1.807) is 0 Å². The number of benzene rings is 1. The van der Waals surface area contributed by atoms with Gasteiger partial charge in [0.1, 0.15) is 30.5 Å². The molecule has 1 aromatic rings. The Hall–Kier alpha value is -2.28. The molecule has 0 saturated carbocycles. The highest BCUT2D eigenvalue weighted by Gasteiger charge is 2.43. The van der Waals surface area contributed by atoms with Crippen LogP contribution in [0.15, 0.2) is 66.7 Å². The zero-order chi connectivity index (χ0) is 19.7. The lowest BCUT2D eigenvalue weighted by atomic mass is 9.90. The van der Waals surface area contributed by atoms with E-state index in [1.807, 2.05) is 42.5 Å². The van der Waals surface area contributed by atoms with Crippen LogP contribution in [-0.4, -0.2) is 51.4 Å². The third kappa shape index (κ3) is 3.68. The molecule has 5 atom stereocenters. The first-order valence-electron chi connectivity index (χ1n) is 9.44. The molecule has 5 nitrogen and oxygen atoms in total. The van der Waals surface area contributed by atoms with Crippen molar-refractivity contribution in [3.05, 3.63) is 83.4 Å². The Balaban J connectivity index is 1.58. The van der Waals surface area contributed by atoms with Gasteiger partial charge in [-0.25, -0.2) is 0 Å². The fourth-order valence-corrected chi connectivity index (χ4v) is 3.87. The molecule has 4 N–H and O–H groups in total. The van der Waals surface area contributed by atoms with Gasteiger partial charge in [-0.1, -0.05) is 66.7 Å². The summed E-state index contributed by atoms with van der Waals surface area (Å²) in [6.45, 7) is -0.432. The van der Waals surface area contributed by atoms with Crippen LogP contribution in [0.25, 0.3) is 11.1 Å². The SMILES string of the molecule is OC[C@H]1O[C@@H](c2cccc(Cc3cc4cccccc-4c3)c2)[C@H](O)[C@@H](O)C1O. The summed E-state index contributed by atoms with van der Waals surface area (Å²) in [6, 6.07) is 22.2. The number of aliphatic hydroxyl groups excluding tert-OH is 4. The summed E-state index contributed by atoms with van der Waals surface area (Å²) in [7, 11) is 0. The summed E-state index contributed by atoms with van der Waals surface area (Å²) >= 11 is 0. The van der Waals surface area contributed by atoms with Gasteiger partial charge in [0, 0.05) is 0 Å². The van der Waals surface area contributed by atoms with Gasteiger partial charge in [-0.3, -0.25) is 0 Å². The summed E-state index contributed by atoms with van der Waals surface area (Å²) in [5.74, 6) is 0. The van der Waals surface area contributed by atoms with E-state index in [2.05, 4.69) is 24.3 Å². The van der Waals surface area contributed by atoms with Crippen LogP contribution in [0.3, 0.4) is 0 Å². The number of rotatable bonds is 4. The maximum atomic E-state index is 10.4. The minimum atomic E-state index is -1.37. The van der Waals surface area contributed by atoms with Crippen LogP contribution < -0.4 is 0 Å². The second-order valence-electron chi connectivity index (χ2n) is 7.36. The van der Waals surface area contributed by atoms with Gasteiger partial charge in [0.2, 0.25) is 0 Å². The molecule has 0 radical (unpaired) electrons. The van der Waals surface area contributed by atoms with Crippen LogP contribution in [-0.2, 0) is 11.2 Å². The van der Waals surface area contributed by atoms with Crippen LogP contribution in [0.4, 0.5) is 0 Å². The molecule has 1 unspecified atom stereocenters. The van der Waals surface area contributed by atoms with Gasteiger partial charge in [-0.15, -0.1) is 0 Å². The molecule has 1 aromatic carbocycles. The van der Waals surface area contributed by atoms with Crippen molar-refractivity contribution in [1.29, 1.82) is 0 Å². The van der Waals surface area contributed by atoms with Crippen LogP contribution >= 0.6 is 0 Å². The molecular formula is C23H24O5. The molecule has 0 aromatic heterocycles. The highest BCUT2D eigenvalue weighted by atomic mass is 16.5. The Labute approximate surface area is 163 Å². The van der Waals surface area contributed by atoms with Crippen molar-refractivity contribution in [2.24, 2.45) is 0 Å². The molecule has 1 heterocycles. The molecule has 2 aliphatic carbocycles. The molecule has 1 fully saturated rings. The molecule has 4 rings (SSSR count). The average Bonchev–Trinajstić information content (AvgIpc) is 2.94. The van der Waals surface area contributed by atoms with Gasteiger partial charge in [0.05, 0.1) is 6.61 Å². The Bertz CT molecular complexity index is 878. The highest BCUT2D eigenvalue weighted by molar-refractivity contribution is 5.68. The maximum absolute atomic E-state index is 10.4. The summed E-state index contributed by atoms with van der Waals surface area (Å²) in [5.41, 5.74) is 5.31. The lowest BCUT2D eigenvalue weighted by Gasteiger charge is -2.40. The zero-order valence-corrected chi connectivity index (χ0v) is 15.3. The third-order valence-corrected chi connectivity index (χ3v) is 5.37. The summed E-state index contributed by atoms with van der Waals surface area (Å²) in [5, 5.41) is 39.8. The molecule has 5 heteroatoms. The average molecular weight is 380 g/mol. The van der Waals surface area contributed by atoms with Crippen molar-refractivity contribution in [1.82, 2.24) is 0 Å². The smallest absolute Gasteiger partial charge is 0.113 e. The third-order valence-electron chi connectivity index (χ3n) is 5.37. The van der Waals surface area contributed by atoms with E-state index in [-0.39, 0.29) is 0 Å². The highest BCUT2D eigenvalue weighted by Crippen LogP contribution is 2.33. The molecule has 3 aliphatic rings. The predicted octanol–water partition coefficient (Wildman–Crippen LogP) is 1.90. The van der Waals surface area contributed by atoms with Gasteiger partial charge in [-0.2, -0.15) is 0 Å². The van der Waals surface area contributed by atoms with Crippen LogP contribution in [0, 0.1) is 0 Å². The molecule has 28 heavy (non-hydrogen) atoms. The van der Waals surface area contributed by atoms with E-state index in [9.17, 15) is 20.4 Å². The van der Waals surface area contributed by atoms with Crippen molar-refractivity contribution in [3.63, 3.8) is 0 Å². The molecular weight excluding hydrogens is 356 g/mol. The Morgan fingerprint density at radius 3 is 2.11 bits per heavy atom. The van der Waals surface area contributed by atoms with E-state index in [0.717, 1.165) is 12.0 Å². The normalized spacial score (nSPS) is 27.8. The molecule has 146 valence electrons. The van der Waals surface area contributed by atoms with E-state index < -0.39 is 37.1 Å². The van der Waals surface area contributed by atoms with E-state index in [4.69, 9.17) is 4.74 Å². The van der Waals surface area contributed by atoms with Gasteiger partial charge >= 0.3 is 0 Å². The Kier molecular flexibility index (Phi) is 5.44. The van der Waals surface area contributed by atoms with Crippen molar-refractivity contribution < 1.29 is 25.2 Å². The standard InChI is InChI=1S/C23H24O5/c24-13-19-20(25)21(26)22(27)23(28-19)18-8-4-5-14(10-18)9-15-11-16-6-2-1-3-7-17(16)12-15/h1-8,10-12,19-27H,9,13H2/t19-,20?,21+,22-,23+/m1/s1. The second kappa shape index (κ2) is 7.99. The lowest BCUT2D eigenvalue weighted by Crippen LogP contribution is -2.55. The topological polar surface area (TPSA) is 90.2 Å². The van der Waals surface area contributed by atoms with Crippen molar-refractivity contribution >= 4 is 0 Å². The molecule has 1 aliphatic heterocycles. The number of fused-ring (bicyclic) bond motifs is 1. The van der Waals surface area contributed by atoms with Crippen LogP contribution in [0.5, 0.6) is 0 Å². The van der Waals surface area contributed by atoms with E-state index in [1.165, 1.54) is 16.7 Å². The van der Waals surface area contributed by atoms with Crippen molar-refractivity contribution in [2.75, 3.05) is 6.61 Å². The maximum Gasteiger partial charge on any atom is 0.113 e. The van der Waals surface area contributed by atoms with Gasteiger partial charge in [0.15, 0.2) is 0 Å². The summed E-state index contributed by atoms with van der Waals surface area (Å²) < 4.78 is 5.67. The Morgan fingerprint density at radius 2 is 1.43 bits per heavy atom. The van der Waals surface area contributed by atoms with Gasteiger partial charge < -0.3 is 25.2 Å². The molecule has 0 bridgehead atoms. The van der Waals surface area contributed by atoms with Crippen molar-refractivity contribution in [3.8, 4) is 11.1 Å². The fourth-order valence-electron chi connectivity index (χ4n) is 3.87. The summed E-state index contributed by atoms with van der Waals surface area (Å²) in [6.07, 6.45) is -4.99. The lowest BCUT2D eigenvalue weighted by molar-refractivity contribution is -0.231. The first-order valence-corrected chi connectivity index (χ1v) is 9.44. The van der Waals surface area contributed by atoms with E-state index in [0.29, 0.717) is 5.56 Å². The second-order valence-corrected chi connectivity index (χ2v) is 7.36. The van der Waals surface area contributed by atoms with Crippen LogP contribution in [0.1, 0.15) is 22.8 Å². The monoisotopic (exact) mass is 380 g/mol. The molecule has 1 saturated heterocycles. The first-order chi connectivity index (χ1) is 13.6. The summed E-state index contributed by atoms with van der Waals surface area (Å²) in [4.78, 5) is 0. The van der Waals surface area contributed by atoms with Gasteiger partial charge in [0.25, 0.3) is 0 Å². The minimum absolute atomic E-state index is 0.432.